The summed E-state index contributed by atoms with van der Waals surface area (Å²) >= 11 is 0. The van der Waals surface area contributed by atoms with Crippen molar-refractivity contribution in [1.29, 1.82) is 0 Å². The number of phosphoric acid groups is 1. The van der Waals surface area contributed by atoms with E-state index in [-0.39, 0.29) is 6.29 Å². The van der Waals surface area contributed by atoms with Gasteiger partial charge in [0.15, 0.2) is 18.1 Å². The van der Waals surface area contributed by atoms with Crippen LogP contribution in [0.3, 0.4) is 0 Å². The Hall–Kier alpha value is -0.380. The first kappa shape index (κ1) is 14.6. The quantitative estimate of drug-likeness (QED) is 0.159. The second-order valence-corrected chi connectivity index (χ2v) is 3.98. The second-order valence-electron chi connectivity index (χ2n) is 2.79. The molecule has 0 radical (unpaired) electrons. The van der Waals surface area contributed by atoms with E-state index in [1.54, 1.807) is 0 Å². The number of hydrogen-bond donors (Lipinski definition) is 6. The van der Waals surface area contributed by atoms with Crippen molar-refractivity contribution >= 4 is 14.1 Å². The van der Waals surface area contributed by atoms with E-state index in [9.17, 15) is 9.36 Å². The van der Waals surface area contributed by atoms with E-state index in [0.29, 0.717) is 0 Å². The normalized spacial score (nSPS) is 20.4. The van der Waals surface area contributed by atoms with E-state index in [0.717, 1.165) is 0 Å². The summed E-state index contributed by atoms with van der Waals surface area (Å²) in [4.78, 5) is 27.0. The fourth-order valence-corrected chi connectivity index (χ4v) is 1.18. The van der Waals surface area contributed by atoms with Crippen molar-refractivity contribution in [2.45, 2.75) is 17.9 Å². The van der Waals surface area contributed by atoms with Crippen LogP contribution in [0.25, 0.3) is 0 Å². The van der Waals surface area contributed by atoms with E-state index >= 15 is 0 Å². The SMILES string of the molecule is N[C@@](O)(CO)[C@@H](O)[C@@H](C=O)OP(=O)(O)O. The minimum atomic E-state index is -5.01. The third-order valence-corrected chi connectivity index (χ3v) is 1.99. The summed E-state index contributed by atoms with van der Waals surface area (Å²) in [6.07, 6.45) is -4.38. The molecule has 0 saturated heterocycles. The molecule has 0 fully saturated rings. The molecule has 0 aromatic carbocycles. The topological polar surface area (TPSA) is 171 Å². The Morgan fingerprint density at radius 3 is 2.27 bits per heavy atom. The van der Waals surface area contributed by atoms with Gasteiger partial charge in [-0.25, -0.2) is 4.57 Å². The Bertz CT molecular complexity index is 262. The summed E-state index contributed by atoms with van der Waals surface area (Å²) < 4.78 is 14.2. The van der Waals surface area contributed by atoms with E-state index in [4.69, 9.17) is 30.8 Å². The molecule has 0 aliphatic carbocycles. The zero-order valence-electron chi connectivity index (χ0n) is 7.42. The summed E-state index contributed by atoms with van der Waals surface area (Å²) in [5, 5.41) is 26.7. The van der Waals surface area contributed by atoms with Crippen molar-refractivity contribution in [1.82, 2.24) is 0 Å². The molecule has 90 valence electrons. The van der Waals surface area contributed by atoms with Gasteiger partial charge >= 0.3 is 7.82 Å². The minimum Gasteiger partial charge on any atom is -0.392 e. The Morgan fingerprint density at radius 1 is 1.53 bits per heavy atom. The number of rotatable bonds is 6. The molecule has 10 heteroatoms. The number of carbonyl (C=O) groups excluding carboxylic acids is 1. The zero-order valence-corrected chi connectivity index (χ0v) is 8.32. The molecule has 9 nitrogen and oxygen atoms in total. The molecule has 3 atom stereocenters. The Balaban J connectivity index is 4.69. The molecule has 7 N–H and O–H groups in total. The van der Waals surface area contributed by atoms with Crippen molar-refractivity contribution < 1.29 is 39.0 Å². The average molecular weight is 245 g/mol. The van der Waals surface area contributed by atoms with Crippen LogP contribution in [0.15, 0.2) is 0 Å². The Kier molecular flexibility index (Phi) is 4.97. The van der Waals surface area contributed by atoms with Crippen LogP contribution in [0, 0.1) is 0 Å². The third kappa shape index (κ3) is 4.78. The second kappa shape index (κ2) is 5.10. The van der Waals surface area contributed by atoms with Crippen LogP contribution in [-0.2, 0) is 13.9 Å². The van der Waals surface area contributed by atoms with Gasteiger partial charge in [0.25, 0.3) is 0 Å². The highest BCUT2D eigenvalue weighted by atomic mass is 31.2. The molecule has 0 aliphatic rings. The smallest absolute Gasteiger partial charge is 0.392 e. The van der Waals surface area contributed by atoms with E-state index in [1.807, 2.05) is 0 Å². The number of aliphatic hydroxyl groups is 3. The van der Waals surface area contributed by atoms with Crippen LogP contribution in [0.2, 0.25) is 0 Å². The lowest BCUT2D eigenvalue weighted by Gasteiger charge is -2.29. The highest BCUT2D eigenvalue weighted by Gasteiger charge is 2.40. The minimum absolute atomic E-state index is 0.156. The van der Waals surface area contributed by atoms with Crippen LogP contribution in [0.5, 0.6) is 0 Å². The van der Waals surface area contributed by atoms with Crippen molar-refractivity contribution in [3.8, 4) is 0 Å². The summed E-state index contributed by atoms with van der Waals surface area (Å²) in [5.74, 6) is 0. The summed E-state index contributed by atoms with van der Waals surface area (Å²) in [6.45, 7) is -1.12. The van der Waals surface area contributed by atoms with Gasteiger partial charge in [-0.1, -0.05) is 0 Å². The standard InChI is InChI=1S/C5H12NO8P/c6-5(10,2-8)4(9)3(1-7)14-15(11,12)13/h1,3-4,8-10H,2,6H2,(H2,11,12,13)/t3-,4+,5-/m1/s1. The molecule has 0 bridgehead atoms. The molecule has 0 rings (SSSR count). The molecule has 0 spiro atoms. The summed E-state index contributed by atoms with van der Waals surface area (Å²) in [5.41, 5.74) is 2.32. The molecule has 0 amide bonds. The molecule has 15 heavy (non-hydrogen) atoms. The van der Waals surface area contributed by atoms with Crippen LogP contribution < -0.4 is 5.73 Å². The number of aldehydes is 1. The van der Waals surface area contributed by atoms with Crippen LogP contribution in [-0.4, -0.2) is 55.9 Å². The van der Waals surface area contributed by atoms with Gasteiger partial charge in [-0.3, -0.25) is 10.3 Å². The van der Waals surface area contributed by atoms with E-state index < -0.39 is 32.4 Å². The van der Waals surface area contributed by atoms with Gasteiger partial charge in [0.05, 0.1) is 6.61 Å². The molecular weight excluding hydrogens is 233 g/mol. The van der Waals surface area contributed by atoms with Crippen molar-refractivity contribution in [2.24, 2.45) is 5.73 Å². The van der Waals surface area contributed by atoms with E-state index in [2.05, 4.69) is 4.52 Å². The predicted molar refractivity (Wildman–Crippen MR) is 45.2 cm³/mol. The number of hydrogen-bond acceptors (Lipinski definition) is 7. The Labute approximate surface area is 84.3 Å². The van der Waals surface area contributed by atoms with Gasteiger partial charge < -0.3 is 29.9 Å². The highest BCUT2D eigenvalue weighted by molar-refractivity contribution is 7.46. The maximum atomic E-state index is 10.3. The number of nitrogens with two attached hydrogens (primary N) is 1. The van der Waals surface area contributed by atoms with Gasteiger partial charge in [-0.05, 0) is 0 Å². The van der Waals surface area contributed by atoms with Gasteiger partial charge in [-0.2, -0.15) is 0 Å². The monoisotopic (exact) mass is 245 g/mol. The highest BCUT2D eigenvalue weighted by Crippen LogP contribution is 2.38. The first-order chi connectivity index (χ1) is 6.64. The van der Waals surface area contributed by atoms with Gasteiger partial charge in [0.1, 0.15) is 6.10 Å². The molecule has 0 saturated carbocycles. The Morgan fingerprint density at radius 2 is 2.00 bits per heavy atom. The average Bonchev–Trinajstić information content (AvgIpc) is 2.11. The third-order valence-electron chi connectivity index (χ3n) is 1.47. The van der Waals surface area contributed by atoms with Crippen molar-refractivity contribution in [3.63, 3.8) is 0 Å². The maximum absolute atomic E-state index is 10.3. The van der Waals surface area contributed by atoms with Crippen molar-refractivity contribution in [3.05, 3.63) is 0 Å². The molecule has 0 heterocycles. The lowest BCUT2D eigenvalue weighted by molar-refractivity contribution is -0.149. The zero-order chi connectivity index (χ0) is 12.3. The van der Waals surface area contributed by atoms with Gasteiger partial charge in [0.2, 0.25) is 0 Å². The number of carbonyl (C=O) groups is 1. The number of phosphoric ester groups is 1. The summed E-state index contributed by atoms with van der Waals surface area (Å²) in [7, 11) is -5.01. The van der Waals surface area contributed by atoms with Gasteiger partial charge in [-0.15, -0.1) is 0 Å². The maximum Gasteiger partial charge on any atom is 0.470 e. The molecule has 0 aromatic heterocycles. The summed E-state index contributed by atoms with van der Waals surface area (Å²) in [6, 6.07) is 0. The molecular formula is C5H12NO8P. The van der Waals surface area contributed by atoms with Crippen LogP contribution in [0.4, 0.5) is 0 Å². The van der Waals surface area contributed by atoms with Crippen LogP contribution >= 0.6 is 7.82 Å². The fraction of sp³-hybridized carbons (Fsp3) is 0.800. The van der Waals surface area contributed by atoms with Gasteiger partial charge in [0, 0.05) is 0 Å². The molecule has 0 unspecified atom stereocenters. The largest absolute Gasteiger partial charge is 0.470 e. The van der Waals surface area contributed by atoms with E-state index in [1.165, 1.54) is 0 Å². The first-order valence-electron chi connectivity index (χ1n) is 3.63. The van der Waals surface area contributed by atoms with Crippen molar-refractivity contribution in [2.75, 3.05) is 6.61 Å². The van der Waals surface area contributed by atoms with Crippen LogP contribution in [0.1, 0.15) is 0 Å². The predicted octanol–water partition coefficient (Wildman–Crippen LogP) is -3.34. The number of aliphatic hydroxyl groups excluding tert-OH is 2. The lowest BCUT2D eigenvalue weighted by atomic mass is 10.0. The lowest BCUT2D eigenvalue weighted by Crippen LogP contribution is -2.59. The molecule has 0 aliphatic heterocycles. The first-order valence-corrected chi connectivity index (χ1v) is 5.16. The fourth-order valence-electron chi connectivity index (χ4n) is 0.693. The molecule has 0 aromatic rings.